The number of hydrogen-bond acceptors (Lipinski definition) is 2. The number of halogens is 1. The molecular formula is C12H11FN2. The molecule has 15 heavy (non-hydrogen) atoms. The maximum absolute atomic E-state index is 12.7. The molecule has 0 saturated heterocycles. The van der Waals surface area contributed by atoms with Crippen molar-refractivity contribution in [1.29, 1.82) is 0 Å². The fraction of sp³-hybridized carbons (Fsp3) is 0.333. The molecule has 3 heteroatoms. The molecule has 0 N–H and O–H groups in total. The van der Waals surface area contributed by atoms with Crippen LogP contribution in [-0.2, 0) is 0 Å². The summed E-state index contributed by atoms with van der Waals surface area (Å²) in [4.78, 5) is 0. The van der Waals surface area contributed by atoms with Crippen LogP contribution in [0.5, 0.6) is 0 Å². The van der Waals surface area contributed by atoms with Crippen molar-refractivity contribution in [3.8, 4) is 0 Å². The first kappa shape index (κ1) is 8.77. The molecule has 76 valence electrons. The Morgan fingerprint density at radius 1 is 1.07 bits per heavy atom. The summed E-state index contributed by atoms with van der Waals surface area (Å²) in [6.07, 6.45) is 4.32. The summed E-state index contributed by atoms with van der Waals surface area (Å²) >= 11 is 0. The van der Waals surface area contributed by atoms with Crippen molar-refractivity contribution in [3.05, 3.63) is 41.2 Å². The van der Waals surface area contributed by atoms with Gasteiger partial charge in [-0.15, -0.1) is 0 Å². The zero-order chi connectivity index (χ0) is 10.3. The lowest BCUT2D eigenvalue weighted by molar-refractivity contribution is 0.628. The van der Waals surface area contributed by atoms with E-state index in [9.17, 15) is 4.39 Å². The summed E-state index contributed by atoms with van der Waals surface area (Å²) in [5.74, 6) is -0.194. The average Bonchev–Trinajstić information content (AvgIpc) is 2.81. The molecule has 1 fully saturated rings. The third-order valence-electron chi connectivity index (χ3n) is 3.03. The minimum atomic E-state index is -0.194. The number of rotatable bonds is 1. The Hall–Kier alpha value is -1.51. The molecular weight excluding hydrogens is 191 g/mol. The summed E-state index contributed by atoms with van der Waals surface area (Å²) in [5.41, 5.74) is 2.33. The van der Waals surface area contributed by atoms with Gasteiger partial charge in [-0.1, -0.05) is 18.2 Å². The predicted molar refractivity (Wildman–Crippen MR) is 56.0 cm³/mol. The Labute approximate surface area is 87.5 Å². The lowest BCUT2D eigenvalue weighted by Gasteiger charge is -2.00. The molecule has 1 heterocycles. The molecule has 0 spiro atoms. The summed E-state index contributed by atoms with van der Waals surface area (Å²) in [5, 5.41) is 8.36. The van der Waals surface area contributed by atoms with E-state index in [0.29, 0.717) is 12.1 Å². The normalized spacial score (nSPS) is 30.3. The number of nitrogens with zero attached hydrogens (tertiary/aromatic N) is 2. The largest absolute Gasteiger partial charge is 0.207 e. The van der Waals surface area contributed by atoms with Gasteiger partial charge in [-0.05, 0) is 36.1 Å². The van der Waals surface area contributed by atoms with Gasteiger partial charge < -0.3 is 0 Å². The molecule has 1 saturated carbocycles. The quantitative estimate of drug-likeness (QED) is 0.668. The molecule has 0 radical (unpaired) electrons. The minimum Gasteiger partial charge on any atom is -0.207 e. The van der Waals surface area contributed by atoms with E-state index in [1.54, 1.807) is 12.1 Å². The molecule has 0 unspecified atom stereocenters. The SMILES string of the molecule is Fc1ccc(C=C2[C@@H]3CC[C@H]2N=N3)cc1. The molecule has 1 aromatic carbocycles. The van der Waals surface area contributed by atoms with Gasteiger partial charge in [0.25, 0.3) is 0 Å². The van der Waals surface area contributed by atoms with Crippen molar-refractivity contribution in [2.24, 2.45) is 10.2 Å². The molecule has 2 bridgehead atoms. The van der Waals surface area contributed by atoms with E-state index < -0.39 is 0 Å². The van der Waals surface area contributed by atoms with Crippen LogP contribution in [0.2, 0.25) is 0 Å². The van der Waals surface area contributed by atoms with Gasteiger partial charge in [0.15, 0.2) is 0 Å². The van der Waals surface area contributed by atoms with Gasteiger partial charge in [-0.2, -0.15) is 10.2 Å². The Morgan fingerprint density at radius 2 is 1.67 bits per heavy atom. The van der Waals surface area contributed by atoms with Crippen molar-refractivity contribution in [1.82, 2.24) is 0 Å². The third-order valence-corrected chi connectivity index (χ3v) is 3.03. The molecule has 2 atom stereocenters. The van der Waals surface area contributed by atoms with Crippen molar-refractivity contribution >= 4 is 6.08 Å². The van der Waals surface area contributed by atoms with Gasteiger partial charge in [-0.25, -0.2) is 4.39 Å². The van der Waals surface area contributed by atoms with Crippen LogP contribution in [0.15, 0.2) is 40.1 Å². The molecule has 0 amide bonds. The zero-order valence-electron chi connectivity index (χ0n) is 8.23. The van der Waals surface area contributed by atoms with Crippen LogP contribution >= 0.6 is 0 Å². The number of fused-ring (bicyclic) bond motifs is 2. The van der Waals surface area contributed by atoms with E-state index in [2.05, 4.69) is 16.3 Å². The molecule has 0 aromatic heterocycles. The highest BCUT2D eigenvalue weighted by molar-refractivity contribution is 5.57. The monoisotopic (exact) mass is 202 g/mol. The molecule has 1 aromatic rings. The van der Waals surface area contributed by atoms with E-state index in [-0.39, 0.29) is 5.82 Å². The van der Waals surface area contributed by atoms with Crippen molar-refractivity contribution in [2.45, 2.75) is 24.9 Å². The third kappa shape index (κ3) is 1.48. The zero-order valence-corrected chi connectivity index (χ0v) is 8.23. The second-order valence-corrected chi connectivity index (χ2v) is 4.04. The van der Waals surface area contributed by atoms with Crippen LogP contribution in [0.3, 0.4) is 0 Å². The fourth-order valence-corrected chi connectivity index (χ4v) is 2.22. The second kappa shape index (κ2) is 3.26. The fourth-order valence-electron chi connectivity index (χ4n) is 2.22. The molecule has 2 nitrogen and oxygen atoms in total. The average molecular weight is 202 g/mol. The van der Waals surface area contributed by atoms with Gasteiger partial charge in [0, 0.05) is 0 Å². The molecule has 2 aliphatic rings. The van der Waals surface area contributed by atoms with Crippen molar-refractivity contribution < 1.29 is 4.39 Å². The lowest BCUT2D eigenvalue weighted by Crippen LogP contribution is -1.98. The van der Waals surface area contributed by atoms with E-state index in [0.717, 1.165) is 18.4 Å². The van der Waals surface area contributed by atoms with Crippen LogP contribution in [0.4, 0.5) is 4.39 Å². The minimum absolute atomic E-state index is 0.194. The predicted octanol–water partition coefficient (Wildman–Crippen LogP) is 3.21. The van der Waals surface area contributed by atoms with Crippen LogP contribution in [0.25, 0.3) is 6.08 Å². The molecule has 3 rings (SSSR count). The maximum atomic E-state index is 12.7. The Bertz CT molecular complexity index is 417. The van der Waals surface area contributed by atoms with Gasteiger partial charge >= 0.3 is 0 Å². The number of azo groups is 1. The molecule has 1 aliphatic heterocycles. The van der Waals surface area contributed by atoms with Crippen LogP contribution in [0, 0.1) is 5.82 Å². The standard InChI is InChI=1S/C12H11FN2/c13-9-3-1-8(2-4-9)7-10-11-5-6-12(10)15-14-11/h1-4,7,11-12H,5-6H2/t11-,12+. The van der Waals surface area contributed by atoms with Crippen LogP contribution in [0.1, 0.15) is 18.4 Å². The second-order valence-electron chi connectivity index (χ2n) is 4.04. The number of benzene rings is 1. The first-order valence-electron chi connectivity index (χ1n) is 5.20. The van der Waals surface area contributed by atoms with E-state index in [1.807, 2.05) is 0 Å². The number of hydrogen-bond donors (Lipinski definition) is 0. The Balaban J connectivity index is 1.91. The summed E-state index contributed by atoms with van der Waals surface area (Å²) in [7, 11) is 0. The van der Waals surface area contributed by atoms with E-state index in [4.69, 9.17) is 0 Å². The summed E-state index contributed by atoms with van der Waals surface area (Å²) in [6.45, 7) is 0. The molecule has 1 aliphatic carbocycles. The first-order valence-corrected chi connectivity index (χ1v) is 5.20. The van der Waals surface area contributed by atoms with Crippen molar-refractivity contribution in [2.75, 3.05) is 0 Å². The van der Waals surface area contributed by atoms with Crippen molar-refractivity contribution in [3.63, 3.8) is 0 Å². The van der Waals surface area contributed by atoms with Crippen LogP contribution < -0.4 is 0 Å². The van der Waals surface area contributed by atoms with Gasteiger partial charge in [0.1, 0.15) is 5.82 Å². The maximum Gasteiger partial charge on any atom is 0.123 e. The highest BCUT2D eigenvalue weighted by Crippen LogP contribution is 2.37. The van der Waals surface area contributed by atoms with Gasteiger partial charge in [0.2, 0.25) is 0 Å². The highest BCUT2D eigenvalue weighted by Gasteiger charge is 2.35. The Kier molecular flexibility index (Phi) is 1.91. The van der Waals surface area contributed by atoms with Gasteiger partial charge in [0.05, 0.1) is 12.1 Å². The van der Waals surface area contributed by atoms with E-state index in [1.165, 1.54) is 17.7 Å². The summed E-state index contributed by atoms with van der Waals surface area (Å²) < 4.78 is 12.7. The summed E-state index contributed by atoms with van der Waals surface area (Å²) in [6, 6.07) is 7.13. The van der Waals surface area contributed by atoms with Crippen LogP contribution in [-0.4, -0.2) is 12.1 Å². The highest BCUT2D eigenvalue weighted by atomic mass is 19.1. The lowest BCUT2D eigenvalue weighted by atomic mass is 10.1. The van der Waals surface area contributed by atoms with Gasteiger partial charge in [-0.3, -0.25) is 0 Å². The smallest absolute Gasteiger partial charge is 0.123 e. The topological polar surface area (TPSA) is 24.7 Å². The first-order chi connectivity index (χ1) is 7.33. The Morgan fingerprint density at radius 3 is 2.20 bits per heavy atom. The van der Waals surface area contributed by atoms with E-state index >= 15 is 0 Å².